The fourth-order valence-corrected chi connectivity index (χ4v) is 2.65. The minimum Gasteiger partial charge on any atom is -0.481 e. The standard InChI is InChI=1S/C14H13F3N2O5/c15-14(16,17)8-2-4-10(11(6-8)19(23)24)12(20)18-9-3-1-7(5-9)13(21)22/h2,4,6-7,9H,1,3,5H2,(H,18,20)(H,21,22)/t7-,9+/m1/s1. The van der Waals surface area contributed by atoms with Crippen LogP contribution < -0.4 is 5.32 Å². The van der Waals surface area contributed by atoms with Gasteiger partial charge in [0.15, 0.2) is 0 Å². The number of hydrogen-bond acceptors (Lipinski definition) is 4. The van der Waals surface area contributed by atoms with E-state index in [0.717, 1.165) is 6.07 Å². The second-order valence-electron chi connectivity index (χ2n) is 5.51. The zero-order valence-corrected chi connectivity index (χ0v) is 12.2. The molecular formula is C14H13F3N2O5. The van der Waals surface area contributed by atoms with Gasteiger partial charge in [-0.25, -0.2) is 0 Å². The second-order valence-corrected chi connectivity index (χ2v) is 5.51. The molecule has 1 fully saturated rings. The molecule has 0 unspecified atom stereocenters. The highest BCUT2D eigenvalue weighted by Crippen LogP contribution is 2.33. The lowest BCUT2D eigenvalue weighted by Gasteiger charge is -2.13. The number of carbonyl (C=O) groups is 2. The SMILES string of the molecule is O=C(N[C@H]1CC[C@@H](C(=O)O)C1)c1ccc(C(F)(F)F)cc1[N+](=O)[O-]. The van der Waals surface area contributed by atoms with E-state index >= 15 is 0 Å². The molecular weight excluding hydrogens is 333 g/mol. The second kappa shape index (κ2) is 6.46. The number of amides is 1. The highest BCUT2D eigenvalue weighted by molar-refractivity contribution is 5.98. The maximum atomic E-state index is 12.6. The molecule has 10 heteroatoms. The summed E-state index contributed by atoms with van der Waals surface area (Å²) in [6.45, 7) is 0. The van der Waals surface area contributed by atoms with Crippen LogP contribution in [-0.2, 0) is 11.0 Å². The normalized spacial score (nSPS) is 20.6. The Morgan fingerprint density at radius 1 is 1.29 bits per heavy atom. The molecule has 1 aliphatic carbocycles. The molecule has 0 saturated heterocycles. The maximum Gasteiger partial charge on any atom is 0.416 e. The van der Waals surface area contributed by atoms with E-state index in [-0.39, 0.29) is 6.42 Å². The van der Waals surface area contributed by atoms with E-state index in [9.17, 15) is 32.9 Å². The number of nitro benzene ring substituents is 1. The summed E-state index contributed by atoms with van der Waals surface area (Å²) in [4.78, 5) is 32.9. The largest absolute Gasteiger partial charge is 0.481 e. The van der Waals surface area contributed by atoms with Crippen LogP contribution in [0.3, 0.4) is 0 Å². The van der Waals surface area contributed by atoms with Crippen LogP contribution in [0.1, 0.15) is 35.2 Å². The molecule has 0 bridgehead atoms. The summed E-state index contributed by atoms with van der Waals surface area (Å²) in [5.74, 6) is -2.50. The van der Waals surface area contributed by atoms with Crippen molar-refractivity contribution < 1.29 is 32.8 Å². The lowest BCUT2D eigenvalue weighted by atomic mass is 10.1. The lowest BCUT2D eigenvalue weighted by molar-refractivity contribution is -0.385. The van der Waals surface area contributed by atoms with Gasteiger partial charge in [0.05, 0.1) is 16.4 Å². The van der Waals surface area contributed by atoms with E-state index in [1.54, 1.807) is 0 Å². The van der Waals surface area contributed by atoms with Gasteiger partial charge in [-0.05, 0) is 31.4 Å². The van der Waals surface area contributed by atoms with Crippen molar-refractivity contribution >= 4 is 17.6 Å². The summed E-state index contributed by atoms with van der Waals surface area (Å²) < 4.78 is 37.9. The number of carboxylic acid groups (broad SMARTS) is 1. The number of aliphatic carboxylic acids is 1. The van der Waals surface area contributed by atoms with Crippen LogP contribution in [0.25, 0.3) is 0 Å². The smallest absolute Gasteiger partial charge is 0.416 e. The number of hydrogen-bond donors (Lipinski definition) is 2. The molecule has 1 aromatic carbocycles. The average Bonchev–Trinajstić information content (AvgIpc) is 2.94. The third-order valence-electron chi connectivity index (χ3n) is 3.88. The summed E-state index contributed by atoms with van der Waals surface area (Å²) in [5, 5.41) is 22.3. The number of nitro groups is 1. The monoisotopic (exact) mass is 346 g/mol. The fraction of sp³-hybridized carbons (Fsp3) is 0.429. The molecule has 0 radical (unpaired) electrons. The molecule has 1 aliphatic rings. The van der Waals surface area contributed by atoms with Gasteiger partial charge in [-0.3, -0.25) is 19.7 Å². The van der Waals surface area contributed by atoms with Crippen LogP contribution in [0, 0.1) is 16.0 Å². The Morgan fingerprint density at radius 3 is 2.46 bits per heavy atom. The number of benzene rings is 1. The quantitative estimate of drug-likeness (QED) is 0.643. The first-order valence-corrected chi connectivity index (χ1v) is 6.99. The van der Waals surface area contributed by atoms with E-state index in [1.807, 2.05) is 0 Å². The van der Waals surface area contributed by atoms with Crippen LogP contribution in [0.4, 0.5) is 18.9 Å². The molecule has 0 aliphatic heterocycles. The van der Waals surface area contributed by atoms with Crippen LogP contribution >= 0.6 is 0 Å². The van der Waals surface area contributed by atoms with Crippen LogP contribution in [0.15, 0.2) is 18.2 Å². The third kappa shape index (κ3) is 3.81. The first kappa shape index (κ1) is 17.7. The van der Waals surface area contributed by atoms with Crippen molar-refractivity contribution in [2.45, 2.75) is 31.5 Å². The van der Waals surface area contributed by atoms with Gasteiger partial charge >= 0.3 is 12.1 Å². The van der Waals surface area contributed by atoms with Gasteiger partial charge in [-0.2, -0.15) is 13.2 Å². The number of alkyl halides is 3. The Morgan fingerprint density at radius 2 is 1.96 bits per heavy atom. The molecule has 2 N–H and O–H groups in total. The maximum absolute atomic E-state index is 12.6. The molecule has 24 heavy (non-hydrogen) atoms. The van der Waals surface area contributed by atoms with Crippen molar-refractivity contribution in [3.8, 4) is 0 Å². The summed E-state index contributed by atoms with van der Waals surface area (Å²) in [6.07, 6.45) is -3.85. The van der Waals surface area contributed by atoms with Gasteiger partial charge in [0.1, 0.15) is 5.56 Å². The predicted octanol–water partition coefficient (Wildman–Crippen LogP) is 2.60. The van der Waals surface area contributed by atoms with Crippen molar-refractivity contribution in [2.24, 2.45) is 5.92 Å². The minimum absolute atomic E-state index is 0.176. The van der Waals surface area contributed by atoms with Crippen molar-refractivity contribution in [3.63, 3.8) is 0 Å². The number of carboxylic acids is 1. The molecule has 2 atom stereocenters. The number of nitrogens with one attached hydrogen (secondary N) is 1. The number of halogens is 3. The Balaban J connectivity index is 2.20. The molecule has 7 nitrogen and oxygen atoms in total. The molecule has 0 heterocycles. The molecule has 0 spiro atoms. The molecule has 1 saturated carbocycles. The summed E-state index contributed by atoms with van der Waals surface area (Å²) in [7, 11) is 0. The van der Waals surface area contributed by atoms with Gasteiger partial charge in [0.2, 0.25) is 0 Å². The Labute approximate surface area is 133 Å². The molecule has 2 rings (SSSR count). The molecule has 130 valence electrons. The van der Waals surface area contributed by atoms with Crippen molar-refractivity contribution in [2.75, 3.05) is 0 Å². The predicted molar refractivity (Wildman–Crippen MR) is 74.3 cm³/mol. The zero-order valence-electron chi connectivity index (χ0n) is 12.2. The molecule has 1 amide bonds. The Kier molecular flexibility index (Phi) is 4.76. The highest BCUT2D eigenvalue weighted by atomic mass is 19.4. The average molecular weight is 346 g/mol. The van der Waals surface area contributed by atoms with E-state index in [0.29, 0.717) is 25.0 Å². The van der Waals surface area contributed by atoms with Crippen molar-refractivity contribution in [3.05, 3.63) is 39.4 Å². The van der Waals surface area contributed by atoms with Crippen LogP contribution in [0.5, 0.6) is 0 Å². The van der Waals surface area contributed by atoms with Gasteiger partial charge in [0, 0.05) is 12.1 Å². The lowest BCUT2D eigenvalue weighted by Crippen LogP contribution is -2.33. The number of carbonyl (C=O) groups excluding carboxylic acids is 1. The van der Waals surface area contributed by atoms with Crippen LogP contribution in [0.2, 0.25) is 0 Å². The van der Waals surface area contributed by atoms with Crippen LogP contribution in [-0.4, -0.2) is 27.9 Å². The van der Waals surface area contributed by atoms with Gasteiger partial charge < -0.3 is 10.4 Å². The summed E-state index contributed by atoms with van der Waals surface area (Å²) >= 11 is 0. The Bertz CT molecular complexity index is 689. The van der Waals surface area contributed by atoms with E-state index in [1.165, 1.54) is 0 Å². The first-order valence-electron chi connectivity index (χ1n) is 6.99. The van der Waals surface area contributed by atoms with E-state index in [4.69, 9.17) is 5.11 Å². The van der Waals surface area contributed by atoms with Crippen molar-refractivity contribution in [1.29, 1.82) is 0 Å². The topological polar surface area (TPSA) is 110 Å². The molecule has 1 aromatic rings. The van der Waals surface area contributed by atoms with Crippen molar-refractivity contribution in [1.82, 2.24) is 5.32 Å². The number of nitrogens with zero attached hydrogens (tertiary/aromatic N) is 1. The van der Waals surface area contributed by atoms with Gasteiger partial charge in [0.25, 0.3) is 11.6 Å². The number of rotatable bonds is 4. The van der Waals surface area contributed by atoms with E-state index in [2.05, 4.69) is 5.32 Å². The van der Waals surface area contributed by atoms with Gasteiger partial charge in [-0.15, -0.1) is 0 Å². The highest BCUT2D eigenvalue weighted by Gasteiger charge is 2.35. The minimum atomic E-state index is -4.76. The first-order chi connectivity index (χ1) is 11.1. The van der Waals surface area contributed by atoms with Gasteiger partial charge in [-0.1, -0.05) is 0 Å². The zero-order chi connectivity index (χ0) is 18.1. The molecule has 0 aromatic heterocycles. The third-order valence-corrected chi connectivity index (χ3v) is 3.88. The summed E-state index contributed by atoms with van der Waals surface area (Å²) in [6, 6.07) is 1.17. The summed E-state index contributed by atoms with van der Waals surface area (Å²) in [5.41, 5.74) is -2.67. The fourth-order valence-electron chi connectivity index (χ4n) is 2.65. The van der Waals surface area contributed by atoms with E-state index < -0.39 is 51.8 Å². The Hall–Kier alpha value is -2.65.